The maximum Gasteiger partial charge on any atom is 0.329 e. The minimum atomic E-state index is -0.166. The Hall–Kier alpha value is -5.29. The molecule has 5 heterocycles. The highest BCUT2D eigenvalue weighted by atomic mass is 16.5. The van der Waals surface area contributed by atoms with Crippen molar-refractivity contribution in [2.24, 2.45) is 0 Å². The fraction of sp³-hybridized carbons (Fsp3) is 0.342. The third kappa shape index (κ3) is 6.71. The summed E-state index contributed by atoms with van der Waals surface area (Å²) < 4.78 is 14.5. The molecule has 1 amide bonds. The number of ether oxygens (including phenoxy) is 2. The first-order chi connectivity index (χ1) is 24.0. The van der Waals surface area contributed by atoms with E-state index in [0.29, 0.717) is 60.7 Å². The van der Waals surface area contributed by atoms with Gasteiger partial charge in [-0.1, -0.05) is 49.6 Å². The number of nitrogens with one attached hydrogen (secondary N) is 1. The summed E-state index contributed by atoms with van der Waals surface area (Å²) in [4.78, 5) is 44.9. The predicted molar refractivity (Wildman–Crippen MR) is 188 cm³/mol. The Morgan fingerprint density at radius 1 is 0.816 bits per heavy atom. The second-order valence-corrected chi connectivity index (χ2v) is 12.6. The number of imidazole rings is 1. The molecule has 1 aliphatic carbocycles. The lowest BCUT2D eigenvalue weighted by Crippen LogP contribution is -2.47. The van der Waals surface area contributed by atoms with E-state index in [1.165, 1.54) is 0 Å². The molecule has 2 fully saturated rings. The maximum atomic E-state index is 14.8. The molecule has 7 rings (SSSR count). The van der Waals surface area contributed by atoms with Crippen LogP contribution >= 0.6 is 0 Å². The highest BCUT2D eigenvalue weighted by Gasteiger charge is 2.33. The van der Waals surface area contributed by atoms with Gasteiger partial charge < -0.3 is 19.7 Å². The Morgan fingerprint density at radius 2 is 1.43 bits per heavy atom. The summed E-state index contributed by atoms with van der Waals surface area (Å²) in [7, 11) is 3.16. The van der Waals surface area contributed by atoms with E-state index in [0.717, 1.165) is 54.4 Å². The van der Waals surface area contributed by atoms with Crippen LogP contribution < -0.4 is 20.5 Å². The second-order valence-electron chi connectivity index (χ2n) is 12.6. The zero-order chi connectivity index (χ0) is 33.7. The van der Waals surface area contributed by atoms with Crippen LogP contribution in [0.4, 0.5) is 0 Å². The summed E-state index contributed by atoms with van der Waals surface area (Å²) in [6.45, 7) is 2.75. The van der Waals surface area contributed by atoms with Gasteiger partial charge in [-0.05, 0) is 42.7 Å². The average molecular weight is 660 g/mol. The monoisotopic (exact) mass is 659 g/mol. The van der Waals surface area contributed by atoms with Gasteiger partial charge in [-0.15, -0.1) is 0 Å². The van der Waals surface area contributed by atoms with Crippen LogP contribution in [0.2, 0.25) is 0 Å². The number of aromatic nitrogens is 5. The van der Waals surface area contributed by atoms with E-state index in [1.807, 2.05) is 76.2 Å². The minimum absolute atomic E-state index is 0.0180. The Balaban J connectivity index is 1.43. The molecule has 11 heteroatoms. The standard InChI is InChI=1S/C38H41N7O4/c1-48-33-23-28(13-15-40-33)31-21-26(22-32(42-31)29-14-16-41-34(24-29)49-2)25-44-36(37(46)43-19-17-39-18-20-43)35(27-9-5-3-6-10-27)45(38(44)47)30-11-7-4-8-12-30/h3,5-6,9-10,13-16,21-24,30,39H,4,7-8,11-12,17-20,25H2,1-2H3. The van der Waals surface area contributed by atoms with E-state index in [2.05, 4.69) is 15.3 Å². The summed E-state index contributed by atoms with van der Waals surface area (Å²) in [6, 6.07) is 21.3. The summed E-state index contributed by atoms with van der Waals surface area (Å²) >= 11 is 0. The lowest BCUT2D eigenvalue weighted by atomic mass is 9.94. The molecule has 0 bridgehead atoms. The van der Waals surface area contributed by atoms with E-state index in [4.69, 9.17) is 14.5 Å². The van der Waals surface area contributed by atoms with Gasteiger partial charge in [0.15, 0.2) is 0 Å². The predicted octanol–water partition coefficient (Wildman–Crippen LogP) is 5.45. The average Bonchev–Trinajstić information content (AvgIpc) is 3.46. The van der Waals surface area contributed by atoms with E-state index >= 15 is 0 Å². The number of amides is 1. The van der Waals surface area contributed by atoms with Crippen LogP contribution in [0.3, 0.4) is 0 Å². The quantitative estimate of drug-likeness (QED) is 0.222. The molecule has 1 saturated carbocycles. The number of piperazine rings is 1. The van der Waals surface area contributed by atoms with Gasteiger partial charge in [0.2, 0.25) is 11.8 Å². The van der Waals surface area contributed by atoms with Gasteiger partial charge >= 0.3 is 5.69 Å². The van der Waals surface area contributed by atoms with Crippen molar-refractivity contribution in [3.63, 3.8) is 0 Å². The van der Waals surface area contributed by atoms with Gasteiger partial charge in [-0.25, -0.2) is 19.7 Å². The van der Waals surface area contributed by atoms with Crippen molar-refractivity contribution in [1.29, 1.82) is 0 Å². The fourth-order valence-corrected chi connectivity index (χ4v) is 7.01. The molecule has 0 radical (unpaired) electrons. The smallest absolute Gasteiger partial charge is 0.329 e. The summed E-state index contributed by atoms with van der Waals surface area (Å²) in [5.41, 5.74) is 5.64. The number of methoxy groups -OCH3 is 2. The molecule has 5 aromatic rings. The topological polar surface area (TPSA) is 116 Å². The molecule has 1 N–H and O–H groups in total. The Bertz CT molecular complexity index is 1930. The Morgan fingerprint density at radius 3 is 2.02 bits per heavy atom. The van der Waals surface area contributed by atoms with E-state index < -0.39 is 0 Å². The number of benzene rings is 1. The highest BCUT2D eigenvalue weighted by molar-refractivity contribution is 5.99. The Labute approximate surface area is 285 Å². The number of carbonyl (C=O) groups excluding carboxylic acids is 1. The van der Waals surface area contributed by atoms with E-state index in [9.17, 15) is 9.59 Å². The summed E-state index contributed by atoms with van der Waals surface area (Å²) in [5.74, 6) is 0.808. The highest BCUT2D eigenvalue weighted by Crippen LogP contribution is 2.35. The van der Waals surface area contributed by atoms with Crippen LogP contribution in [0.1, 0.15) is 54.2 Å². The zero-order valence-electron chi connectivity index (χ0n) is 28.0. The van der Waals surface area contributed by atoms with Crippen LogP contribution in [0.25, 0.3) is 33.8 Å². The number of pyridine rings is 3. The van der Waals surface area contributed by atoms with Gasteiger partial charge in [-0.2, -0.15) is 0 Å². The van der Waals surface area contributed by atoms with Crippen LogP contribution in [0, 0.1) is 0 Å². The SMILES string of the molecule is COc1cc(-c2cc(Cn3c(C(=O)N4CCNCC4)c(-c4ccccc4)n(C4CCCCC4)c3=O)cc(-c3ccnc(OC)c3)n2)ccn1. The normalized spacial score (nSPS) is 15.3. The van der Waals surface area contributed by atoms with Gasteiger partial charge in [0.25, 0.3) is 5.91 Å². The van der Waals surface area contributed by atoms with Gasteiger partial charge in [-0.3, -0.25) is 13.9 Å². The molecule has 0 atom stereocenters. The molecular weight excluding hydrogens is 618 g/mol. The fourth-order valence-electron chi connectivity index (χ4n) is 7.01. The first-order valence-electron chi connectivity index (χ1n) is 17.0. The van der Waals surface area contributed by atoms with Crippen LogP contribution in [0.5, 0.6) is 11.8 Å². The van der Waals surface area contributed by atoms with Crippen molar-refractivity contribution >= 4 is 5.91 Å². The van der Waals surface area contributed by atoms with Crippen molar-refractivity contribution in [2.45, 2.75) is 44.7 Å². The third-order valence-electron chi connectivity index (χ3n) is 9.47. The molecule has 0 spiro atoms. The van der Waals surface area contributed by atoms with Crippen molar-refractivity contribution in [3.8, 4) is 45.5 Å². The van der Waals surface area contributed by atoms with Crippen molar-refractivity contribution in [2.75, 3.05) is 40.4 Å². The van der Waals surface area contributed by atoms with Crippen molar-refractivity contribution in [1.82, 2.24) is 34.3 Å². The largest absolute Gasteiger partial charge is 0.481 e. The van der Waals surface area contributed by atoms with Gasteiger partial charge in [0, 0.05) is 73.4 Å². The van der Waals surface area contributed by atoms with Crippen LogP contribution in [-0.4, -0.2) is 75.3 Å². The summed E-state index contributed by atoms with van der Waals surface area (Å²) in [5, 5.41) is 3.35. The Kier molecular flexibility index (Phi) is 9.51. The van der Waals surface area contributed by atoms with Crippen LogP contribution in [-0.2, 0) is 6.54 Å². The van der Waals surface area contributed by atoms with Gasteiger partial charge in [0.1, 0.15) is 5.69 Å². The molecule has 2 aliphatic rings. The molecule has 252 valence electrons. The second kappa shape index (κ2) is 14.4. The van der Waals surface area contributed by atoms with E-state index in [1.54, 1.807) is 31.2 Å². The molecular formula is C38H41N7O4. The number of rotatable bonds is 9. The molecule has 4 aromatic heterocycles. The van der Waals surface area contributed by atoms with Crippen LogP contribution in [0.15, 0.2) is 83.9 Å². The molecule has 1 aliphatic heterocycles. The molecule has 1 saturated heterocycles. The summed E-state index contributed by atoms with van der Waals surface area (Å²) in [6.07, 6.45) is 8.44. The van der Waals surface area contributed by atoms with E-state index in [-0.39, 0.29) is 24.2 Å². The third-order valence-corrected chi connectivity index (χ3v) is 9.47. The lowest BCUT2D eigenvalue weighted by molar-refractivity contribution is 0.0725. The van der Waals surface area contributed by atoms with Crippen molar-refractivity contribution < 1.29 is 14.3 Å². The molecule has 49 heavy (non-hydrogen) atoms. The number of carbonyl (C=O) groups is 1. The molecule has 0 unspecified atom stereocenters. The number of nitrogens with zero attached hydrogens (tertiary/aromatic N) is 6. The lowest BCUT2D eigenvalue weighted by Gasteiger charge is -2.28. The molecule has 1 aromatic carbocycles. The maximum absolute atomic E-state index is 14.8. The zero-order valence-corrected chi connectivity index (χ0v) is 28.0. The number of hydrogen-bond acceptors (Lipinski definition) is 8. The van der Waals surface area contributed by atoms with Gasteiger partial charge in [0.05, 0.1) is 37.8 Å². The minimum Gasteiger partial charge on any atom is -0.481 e. The first kappa shape index (κ1) is 32.3. The molecule has 11 nitrogen and oxygen atoms in total. The first-order valence-corrected chi connectivity index (χ1v) is 17.0. The van der Waals surface area contributed by atoms with Crippen molar-refractivity contribution in [3.05, 3.63) is 101 Å². The number of hydrogen-bond donors (Lipinski definition) is 1.